The summed E-state index contributed by atoms with van der Waals surface area (Å²) >= 11 is 3.43. The summed E-state index contributed by atoms with van der Waals surface area (Å²) in [6, 6.07) is 18.3. The molecule has 0 radical (unpaired) electrons. The Morgan fingerprint density at radius 3 is 2.29 bits per heavy atom. The summed E-state index contributed by atoms with van der Waals surface area (Å²) in [5.41, 5.74) is 2.82. The number of nitrogens with one attached hydrogen (secondary N) is 1. The van der Waals surface area contributed by atoms with Gasteiger partial charge in [-0.15, -0.1) is 0 Å². The molecule has 1 heterocycles. The molecule has 1 aliphatic heterocycles. The Labute approximate surface area is 252 Å². The van der Waals surface area contributed by atoms with Crippen molar-refractivity contribution in [2.75, 3.05) is 4.90 Å². The molecule has 4 bridgehead atoms. The second-order valence-corrected chi connectivity index (χ2v) is 13.2. The normalized spacial score (nSPS) is 27.5. The average Bonchev–Trinajstić information content (AvgIpc) is 2.94. The van der Waals surface area contributed by atoms with Gasteiger partial charge in [0.05, 0.1) is 5.69 Å². The first kappa shape index (κ1) is 27.1. The van der Waals surface area contributed by atoms with Crippen molar-refractivity contribution in [3.8, 4) is 5.75 Å². The number of imide groups is 2. The molecule has 1 N–H and O–H groups in total. The van der Waals surface area contributed by atoms with Crippen LogP contribution in [0.5, 0.6) is 5.75 Å². The zero-order valence-electron chi connectivity index (χ0n) is 22.9. The molecule has 0 aromatic heterocycles. The molecule has 214 valence electrons. The minimum atomic E-state index is -0.776. The van der Waals surface area contributed by atoms with E-state index >= 15 is 0 Å². The smallest absolute Gasteiger partial charge is 0.335 e. The molecule has 42 heavy (non-hydrogen) atoms. The molecule has 3 aromatic rings. The van der Waals surface area contributed by atoms with Crippen molar-refractivity contribution in [1.82, 2.24) is 5.32 Å². The summed E-state index contributed by atoms with van der Waals surface area (Å²) < 4.78 is 20.3. The fraction of sp³-hybridized carbons (Fsp3) is 0.324. The number of anilines is 1. The number of halogens is 2. The first-order chi connectivity index (χ1) is 20.3. The summed E-state index contributed by atoms with van der Waals surface area (Å²) in [7, 11) is 0. The van der Waals surface area contributed by atoms with Crippen LogP contribution in [0, 0.1) is 23.6 Å². The lowest BCUT2D eigenvalue weighted by Crippen LogP contribution is -2.54. The maximum atomic E-state index is 13.7. The van der Waals surface area contributed by atoms with E-state index in [9.17, 15) is 18.8 Å². The minimum absolute atomic E-state index is 0.0937. The molecule has 0 atom stereocenters. The summed E-state index contributed by atoms with van der Waals surface area (Å²) in [4.78, 5) is 40.5. The topological polar surface area (TPSA) is 75.7 Å². The lowest BCUT2D eigenvalue weighted by Gasteiger charge is -2.57. The zero-order chi connectivity index (χ0) is 29.0. The quantitative estimate of drug-likeness (QED) is 0.229. The molecule has 1 saturated heterocycles. The highest BCUT2D eigenvalue weighted by molar-refractivity contribution is 9.10. The third-order valence-corrected chi connectivity index (χ3v) is 9.93. The third-order valence-electron chi connectivity index (χ3n) is 9.43. The van der Waals surface area contributed by atoms with Crippen LogP contribution < -0.4 is 15.0 Å². The number of nitrogens with zero attached hydrogens (tertiary/aromatic N) is 1. The maximum absolute atomic E-state index is 13.7. The fourth-order valence-electron chi connectivity index (χ4n) is 8.03. The second kappa shape index (κ2) is 10.5. The molecule has 0 unspecified atom stereocenters. The Kier molecular flexibility index (Phi) is 6.76. The van der Waals surface area contributed by atoms with E-state index in [0.717, 1.165) is 22.7 Å². The lowest BCUT2D eigenvalue weighted by atomic mass is 9.48. The van der Waals surface area contributed by atoms with Crippen LogP contribution in [0.1, 0.15) is 55.2 Å². The van der Waals surface area contributed by atoms with Crippen LogP contribution in [0.15, 0.2) is 76.8 Å². The van der Waals surface area contributed by atoms with E-state index in [4.69, 9.17) is 4.74 Å². The first-order valence-electron chi connectivity index (χ1n) is 14.5. The van der Waals surface area contributed by atoms with Gasteiger partial charge in [0.1, 0.15) is 23.7 Å². The highest BCUT2D eigenvalue weighted by atomic mass is 79.9. The van der Waals surface area contributed by atoms with Crippen LogP contribution in [0.2, 0.25) is 0 Å². The van der Waals surface area contributed by atoms with Crippen LogP contribution in [0.4, 0.5) is 14.9 Å². The average molecular weight is 630 g/mol. The van der Waals surface area contributed by atoms with Crippen molar-refractivity contribution in [1.29, 1.82) is 0 Å². The van der Waals surface area contributed by atoms with Gasteiger partial charge in [0.25, 0.3) is 11.8 Å². The van der Waals surface area contributed by atoms with Crippen molar-refractivity contribution in [2.45, 2.75) is 50.5 Å². The number of carbonyl (C=O) groups is 3. The summed E-state index contributed by atoms with van der Waals surface area (Å²) in [5, 5.41) is 2.31. The van der Waals surface area contributed by atoms with E-state index in [0.29, 0.717) is 27.0 Å². The van der Waals surface area contributed by atoms with Gasteiger partial charge >= 0.3 is 6.03 Å². The SMILES string of the molecule is O=C1NC(=O)N(c2ccc(C34CC5CC(CC(C5)C3)C4)cc2)C(=O)/C1=C/c1cc(Br)ccc1OCc1cccc(F)c1. The van der Waals surface area contributed by atoms with Crippen LogP contribution in [0.3, 0.4) is 0 Å². The second-order valence-electron chi connectivity index (χ2n) is 12.3. The van der Waals surface area contributed by atoms with Crippen molar-refractivity contribution >= 4 is 45.5 Å². The molecule has 4 amide bonds. The molecule has 5 aliphatic rings. The monoisotopic (exact) mass is 628 g/mol. The predicted octanol–water partition coefficient (Wildman–Crippen LogP) is 7.30. The number of ether oxygens (including phenoxy) is 1. The number of hydrogen-bond acceptors (Lipinski definition) is 4. The van der Waals surface area contributed by atoms with E-state index in [2.05, 4.69) is 33.4 Å². The number of benzene rings is 3. The van der Waals surface area contributed by atoms with Gasteiger partial charge in [0, 0.05) is 10.0 Å². The Morgan fingerprint density at radius 1 is 0.929 bits per heavy atom. The Morgan fingerprint density at radius 2 is 1.62 bits per heavy atom. The summed E-state index contributed by atoms with van der Waals surface area (Å²) in [6.07, 6.45) is 9.17. The van der Waals surface area contributed by atoms with E-state index in [1.54, 1.807) is 30.3 Å². The molecular formula is C34H30BrFN2O4. The van der Waals surface area contributed by atoms with Crippen molar-refractivity contribution in [2.24, 2.45) is 17.8 Å². The molecule has 5 fully saturated rings. The van der Waals surface area contributed by atoms with Crippen LogP contribution in [0.25, 0.3) is 6.08 Å². The largest absolute Gasteiger partial charge is 0.488 e. The standard InChI is InChI=1S/C34H30BrFN2O4/c35-26-6-9-30(42-19-20-2-1-3-27(36)13-20)24(14-26)15-29-31(39)37-33(41)38(32(29)40)28-7-4-25(5-8-28)34-16-21-10-22(17-34)12-23(11-21)18-34/h1-9,13-15,21-23H,10-12,16-19H2,(H,37,39,41)/b29-15+. The molecular weight excluding hydrogens is 599 g/mol. The van der Waals surface area contributed by atoms with Crippen LogP contribution in [-0.4, -0.2) is 17.8 Å². The summed E-state index contributed by atoms with van der Waals surface area (Å²) in [6.45, 7) is 0.0937. The first-order valence-corrected chi connectivity index (χ1v) is 15.2. The number of amides is 4. The van der Waals surface area contributed by atoms with Gasteiger partial charge in [-0.25, -0.2) is 14.1 Å². The molecule has 0 spiro atoms. The minimum Gasteiger partial charge on any atom is -0.488 e. The van der Waals surface area contributed by atoms with Crippen LogP contribution in [-0.2, 0) is 21.6 Å². The van der Waals surface area contributed by atoms with Gasteiger partial charge in [0.2, 0.25) is 0 Å². The van der Waals surface area contributed by atoms with E-state index < -0.39 is 17.8 Å². The lowest BCUT2D eigenvalue weighted by molar-refractivity contribution is -0.122. The van der Waals surface area contributed by atoms with Gasteiger partial charge in [-0.2, -0.15) is 0 Å². The molecule has 6 nitrogen and oxygen atoms in total. The highest BCUT2D eigenvalue weighted by Gasteiger charge is 2.51. The molecule has 4 aliphatic carbocycles. The van der Waals surface area contributed by atoms with Gasteiger partial charge in [-0.3, -0.25) is 14.9 Å². The number of urea groups is 1. The Balaban J connectivity index is 1.15. The van der Waals surface area contributed by atoms with Gasteiger partial charge < -0.3 is 4.74 Å². The maximum Gasteiger partial charge on any atom is 0.335 e. The van der Waals surface area contributed by atoms with E-state index in [1.807, 2.05) is 12.1 Å². The number of hydrogen-bond donors (Lipinski definition) is 1. The predicted molar refractivity (Wildman–Crippen MR) is 160 cm³/mol. The van der Waals surface area contributed by atoms with Gasteiger partial charge in [-0.05, 0) is 121 Å². The van der Waals surface area contributed by atoms with Crippen molar-refractivity contribution in [3.05, 3.63) is 99.3 Å². The van der Waals surface area contributed by atoms with E-state index in [-0.39, 0.29) is 23.4 Å². The third kappa shape index (κ3) is 4.96. The number of rotatable bonds is 6. The van der Waals surface area contributed by atoms with Crippen molar-refractivity contribution < 1.29 is 23.5 Å². The molecule has 8 rings (SSSR count). The highest BCUT2D eigenvalue weighted by Crippen LogP contribution is 2.60. The fourth-order valence-corrected chi connectivity index (χ4v) is 8.41. The van der Waals surface area contributed by atoms with E-state index in [1.165, 1.54) is 62.3 Å². The van der Waals surface area contributed by atoms with Gasteiger partial charge in [-0.1, -0.05) is 40.2 Å². The Bertz CT molecular complexity index is 1600. The molecule has 4 saturated carbocycles. The Hall–Kier alpha value is -3.78. The van der Waals surface area contributed by atoms with Crippen molar-refractivity contribution in [3.63, 3.8) is 0 Å². The molecule has 3 aromatic carbocycles. The summed E-state index contributed by atoms with van der Waals surface area (Å²) in [5.74, 6) is 0.984. The zero-order valence-corrected chi connectivity index (χ0v) is 24.5. The molecule has 8 heteroatoms. The number of carbonyl (C=O) groups excluding carboxylic acids is 3. The van der Waals surface area contributed by atoms with Gasteiger partial charge in [0.15, 0.2) is 0 Å². The van der Waals surface area contributed by atoms with Crippen LogP contribution >= 0.6 is 15.9 Å². The number of barbiturate groups is 1.